The summed E-state index contributed by atoms with van der Waals surface area (Å²) in [5, 5.41) is 10.5. The van der Waals surface area contributed by atoms with Crippen LogP contribution in [0.3, 0.4) is 0 Å². The summed E-state index contributed by atoms with van der Waals surface area (Å²) in [5.74, 6) is 0. The fourth-order valence-electron chi connectivity index (χ4n) is 3.72. The largest absolute Gasteiger partial charge is 0.322 e. The standard InChI is InChI=1S/C28H23ClN2/c1-20(2)23-11-13-27(14-12-23)31-18-25(17-30)28(19-31)24-7-3-5-21(15-24)9-10-22-6-4-8-26(29)16-22/h3-8,11-16,18-19H,1,9-10H2,2H3. The average Bonchev–Trinajstić information content (AvgIpc) is 3.23. The highest BCUT2D eigenvalue weighted by Gasteiger charge is 2.11. The zero-order valence-electron chi connectivity index (χ0n) is 17.5. The molecule has 1 aromatic heterocycles. The van der Waals surface area contributed by atoms with Crippen LogP contribution in [0.1, 0.15) is 29.2 Å². The molecular weight excluding hydrogens is 400 g/mol. The van der Waals surface area contributed by atoms with Gasteiger partial charge in [-0.2, -0.15) is 5.26 Å². The summed E-state index contributed by atoms with van der Waals surface area (Å²) in [4.78, 5) is 0. The van der Waals surface area contributed by atoms with E-state index in [-0.39, 0.29) is 0 Å². The van der Waals surface area contributed by atoms with Crippen molar-refractivity contribution in [2.75, 3.05) is 0 Å². The van der Waals surface area contributed by atoms with Gasteiger partial charge in [0.1, 0.15) is 6.07 Å². The minimum Gasteiger partial charge on any atom is -0.322 e. The second kappa shape index (κ2) is 9.08. The maximum absolute atomic E-state index is 9.72. The predicted molar refractivity (Wildman–Crippen MR) is 129 cm³/mol. The van der Waals surface area contributed by atoms with Crippen molar-refractivity contribution in [1.82, 2.24) is 4.57 Å². The molecule has 0 aliphatic rings. The first-order chi connectivity index (χ1) is 15.0. The summed E-state index contributed by atoms with van der Waals surface area (Å²) in [6.07, 6.45) is 5.76. The monoisotopic (exact) mass is 422 g/mol. The van der Waals surface area contributed by atoms with Crippen molar-refractivity contribution in [3.63, 3.8) is 0 Å². The van der Waals surface area contributed by atoms with E-state index in [0.29, 0.717) is 5.56 Å². The number of aryl methyl sites for hydroxylation is 2. The van der Waals surface area contributed by atoms with Crippen LogP contribution in [0.4, 0.5) is 0 Å². The topological polar surface area (TPSA) is 28.7 Å². The van der Waals surface area contributed by atoms with Crippen LogP contribution in [0.15, 0.2) is 91.8 Å². The molecule has 4 rings (SSSR count). The fraction of sp³-hybridized carbons (Fsp3) is 0.107. The molecule has 0 N–H and O–H groups in total. The number of halogens is 1. The van der Waals surface area contributed by atoms with Gasteiger partial charge in [0.05, 0.1) is 5.56 Å². The second-order valence-corrected chi connectivity index (χ2v) is 8.20. The average molecular weight is 423 g/mol. The van der Waals surface area contributed by atoms with Gasteiger partial charge in [0.2, 0.25) is 0 Å². The maximum Gasteiger partial charge on any atom is 0.101 e. The second-order valence-electron chi connectivity index (χ2n) is 7.76. The van der Waals surface area contributed by atoms with Gasteiger partial charge in [-0.15, -0.1) is 0 Å². The summed E-state index contributed by atoms with van der Waals surface area (Å²) in [6, 6.07) is 27.0. The van der Waals surface area contributed by atoms with Crippen LogP contribution in [-0.2, 0) is 12.8 Å². The highest BCUT2D eigenvalue weighted by molar-refractivity contribution is 6.30. The normalized spacial score (nSPS) is 10.6. The van der Waals surface area contributed by atoms with Gasteiger partial charge in [-0.1, -0.05) is 72.3 Å². The number of nitrogens with zero attached hydrogens (tertiary/aromatic N) is 2. The fourth-order valence-corrected chi connectivity index (χ4v) is 3.93. The minimum atomic E-state index is 0.663. The molecule has 3 aromatic carbocycles. The van der Waals surface area contributed by atoms with Gasteiger partial charge in [0, 0.05) is 28.7 Å². The van der Waals surface area contributed by atoms with E-state index in [2.05, 4.69) is 67.2 Å². The van der Waals surface area contributed by atoms with Gasteiger partial charge in [0.25, 0.3) is 0 Å². The van der Waals surface area contributed by atoms with Crippen molar-refractivity contribution in [2.24, 2.45) is 0 Å². The Bertz CT molecular complexity index is 1270. The van der Waals surface area contributed by atoms with Gasteiger partial charge < -0.3 is 4.57 Å². The molecule has 0 bridgehead atoms. The van der Waals surface area contributed by atoms with Crippen molar-refractivity contribution in [3.05, 3.63) is 119 Å². The first kappa shape index (κ1) is 20.7. The SMILES string of the molecule is C=C(C)c1ccc(-n2cc(C#N)c(-c3cccc(CCc4cccc(Cl)c4)c3)c2)cc1. The molecule has 4 aromatic rings. The number of allylic oxidation sites excluding steroid dienone is 1. The van der Waals surface area contributed by atoms with Crippen LogP contribution in [0.25, 0.3) is 22.4 Å². The molecule has 0 fully saturated rings. The van der Waals surface area contributed by atoms with E-state index in [1.165, 1.54) is 11.1 Å². The molecule has 0 saturated heterocycles. The van der Waals surface area contributed by atoms with Crippen LogP contribution in [0.5, 0.6) is 0 Å². The molecule has 31 heavy (non-hydrogen) atoms. The Morgan fingerprint density at radius 2 is 1.61 bits per heavy atom. The molecule has 0 saturated carbocycles. The van der Waals surface area contributed by atoms with Crippen LogP contribution >= 0.6 is 11.6 Å². The molecule has 0 spiro atoms. The van der Waals surface area contributed by atoms with E-state index in [9.17, 15) is 5.26 Å². The summed E-state index contributed by atoms with van der Waals surface area (Å²) in [6.45, 7) is 5.99. The smallest absolute Gasteiger partial charge is 0.101 e. The molecular formula is C28H23ClN2. The quantitative estimate of drug-likeness (QED) is 0.316. The van der Waals surface area contributed by atoms with E-state index in [4.69, 9.17) is 11.6 Å². The summed E-state index contributed by atoms with van der Waals surface area (Å²) in [7, 11) is 0. The van der Waals surface area contributed by atoms with E-state index < -0.39 is 0 Å². The van der Waals surface area contributed by atoms with Crippen molar-refractivity contribution >= 4 is 17.2 Å². The molecule has 0 aliphatic carbocycles. The third-order valence-electron chi connectivity index (χ3n) is 5.43. The van der Waals surface area contributed by atoms with Crippen LogP contribution in [0, 0.1) is 11.3 Å². The Balaban J connectivity index is 1.60. The Kier molecular flexibility index (Phi) is 6.07. The number of hydrogen-bond acceptors (Lipinski definition) is 1. The molecule has 152 valence electrons. The van der Waals surface area contributed by atoms with E-state index in [1.807, 2.05) is 42.1 Å². The zero-order chi connectivity index (χ0) is 21.8. The van der Waals surface area contributed by atoms with Crippen molar-refractivity contribution in [3.8, 4) is 22.9 Å². The first-order valence-corrected chi connectivity index (χ1v) is 10.6. The van der Waals surface area contributed by atoms with Gasteiger partial charge >= 0.3 is 0 Å². The van der Waals surface area contributed by atoms with Crippen molar-refractivity contribution in [1.29, 1.82) is 5.26 Å². The van der Waals surface area contributed by atoms with E-state index in [0.717, 1.165) is 45.8 Å². The molecule has 3 heteroatoms. The van der Waals surface area contributed by atoms with E-state index >= 15 is 0 Å². The lowest BCUT2D eigenvalue weighted by Gasteiger charge is -2.06. The van der Waals surface area contributed by atoms with E-state index in [1.54, 1.807) is 0 Å². The number of rotatable bonds is 6. The summed E-state index contributed by atoms with van der Waals surface area (Å²) in [5.41, 5.74) is 8.28. The highest BCUT2D eigenvalue weighted by atomic mass is 35.5. The van der Waals surface area contributed by atoms with Gasteiger partial charge in [0.15, 0.2) is 0 Å². The lowest BCUT2D eigenvalue weighted by molar-refractivity contribution is 0.961. The van der Waals surface area contributed by atoms with Crippen molar-refractivity contribution in [2.45, 2.75) is 19.8 Å². The lowest BCUT2D eigenvalue weighted by atomic mass is 9.99. The first-order valence-electron chi connectivity index (χ1n) is 10.3. The lowest BCUT2D eigenvalue weighted by Crippen LogP contribution is -1.92. The van der Waals surface area contributed by atoms with Crippen molar-refractivity contribution < 1.29 is 0 Å². The predicted octanol–water partition coefficient (Wildman–Crippen LogP) is 7.49. The molecule has 0 aliphatic heterocycles. The zero-order valence-corrected chi connectivity index (χ0v) is 18.2. The minimum absolute atomic E-state index is 0.663. The molecule has 2 nitrogen and oxygen atoms in total. The number of nitriles is 1. The molecule has 0 radical (unpaired) electrons. The van der Waals surface area contributed by atoms with Crippen LogP contribution in [0.2, 0.25) is 5.02 Å². The Labute approximate surface area is 188 Å². The number of benzene rings is 3. The molecule has 0 atom stereocenters. The molecule has 1 heterocycles. The van der Waals surface area contributed by atoms with Gasteiger partial charge in [-0.05, 0) is 66.3 Å². The van der Waals surface area contributed by atoms with Gasteiger partial charge in [-0.3, -0.25) is 0 Å². The van der Waals surface area contributed by atoms with Gasteiger partial charge in [-0.25, -0.2) is 0 Å². The Morgan fingerprint density at radius 1 is 0.935 bits per heavy atom. The molecule has 0 unspecified atom stereocenters. The van der Waals surface area contributed by atoms with Crippen LogP contribution < -0.4 is 0 Å². The third kappa shape index (κ3) is 4.79. The Hall–Kier alpha value is -3.54. The highest BCUT2D eigenvalue weighted by Crippen LogP contribution is 2.28. The summed E-state index contributed by atoms with van der Waals surface area (Å²) >= 11 is 6.10. The summed E-state index contributed by atoms with van der Waals surface area (Å²) < 4.78 is 2.01. The number of aromatic nitrogens is 1. The Morgan fingerprint density at radius 3 is 2.26 bits per heavy atom. The number of hydrogen-bond donors (Lipinski definition) is 0. The molecule has 0 amide bonds. The maximum atomic E-state index is 9.72. The van der Waals surface area contributed by atoms with Crippen LogP contribution in [-0.4, -0.2) is 4.57 Å². The third-order valence-corrected chi connectivity index (χ3v) is 5.67.